The van der Waals surface area contributed by atoms with Crippen LogP contribution in [0.2, 0.25) is 0 Å². The molecule has 5 aromatic carbocycles. The van der Waals surface area contributed by atoms with Crippen molar-refractivity contribution in [1.82, 2.24) is 23.7 Å². The summed E-state index contributed by atoms with van der Waals surface area (Å²) < 4.78 is 6.65. The highest BCUT2D eigenvalue weighted by Gasteiger charge is 2.21. The molecule has 0 N–H and O–H groups in total. The summed E-state index contributed by atoms with van der Waals surface area (Å²) in [5.41, 5.74) is 8.35. The predicted octanol–water partition coefficient (Wildman–Crippen LogP) is 9.13. The van der Waals surface area contributed by atoms with Gasteiger partial charge < -0.3 is 9.13 Å². The van der Waals surface area contributed by atoms with E-state index in [9.17, 15) is 0 Å². The minimum absolute atomic E-state index is 0.647. The second-order valence-corrected chi connectivity index (χ2v) is 10.8. The second-order valence-electron chi connectivity index (χ2n) is 10.8. The van der Waals surface area contributed by atoms with Crippen molar-refractivity contribution in [3.8, 4) is 28.6 Å². The lowest BCUT2D eigenvalue weighted by molar-refractivity contribution is 0.990. The number of benzene rings is 5. The summed E-state index contributed by atoms with van der Waals surface area (Å²) in [7, 11) is 0. The molecule has 202 valence electrons. The SMILES string of the molecule is c1ccc(-c2nc(-n3c4ccccc4c4ccc5c(ccn5-c5ccccc5)c43)nc3c2ccn3-c2ccccc2)cc1. The average molecular weight is 552 g/mol. The van der Waals surface area contributed by atoms with E-state index in [0.29, 0.717) is 5.95 Å². The summed E-state index contributed by atoms with van der Waals surface area (Å²) in [5.74, 6) is 0.647. The molecule has 0 bridgehead atoms. The van der Waals surface area contributed by atoms with Crippen LogP contribution in [0.1, 0.15) is 0 Å². The van der Waals surface area contributed by atoms with E-state index in [1.165, 1.54) is 10.8 Å². The average Bonchev–Trinajstić information content (AvgIpc) is 3.79. The third-order valence-electron chi connectivity index (χ3n) is 8.35. The number of nitrogens with zero attached hydrogens (tertiary/aromatic N) is 5. The van der Waals surface area contributed by atoms with Gasteiger partial charge in [-0.25, -0.2) is 4.98 Å². The fourth-order valence-corrected chi connectivity index (χ4v) is 6.41. The van der Waals surface area contributed by atoms with Crippen LogP contribution in [-0.2, 0) is 0 Å². The van der Waals surface area contributed by atoms with Crippen LogP contribution in [0.4, 0.5) is 0 Å². The molecule has 4 aromatic heterocycles. The standard InChI is InChI=1S/C38H25N5/c1-4-12-26(13-5-1)35-32-23-25-42(28-16-8-3-9-17-28)37(32)40-38(39-35)43-34-19-11-10-18-29(34)30-20-21-33-31(36(30)43)22-24-41(33)27-14-6-2-7-15-27/h1-25H. The van der Waals surface area contributed by atoms with Crippen LogP contribution in [0.3, 0.4) is 0 Å². The number of hydrogen-bond acceptors (Lipinski definition) is 2. The van der Waals surface area contributed by atoms with Crippen LogP contribution in [0.15, 0.2) is 152 Å². The summed E-state index contributed by atoms with van der Waals surface area (Å²) in [6.07, 6.45) is 4.25. The Bertz CT molecular complexity index is 2430. The Kier molecular flexibility index (Phi) is 5.13. The van der Waals surface area contributed by atoms with Gasteiger partial charge in [0.05, 0.1) is 22.2 Å². The molecule has 0 aliphatic carbocycles. The molecule has 0 spiro atoms. The fourth-order valence-electron chi connectivity index (χ4n) is 6.41. The number of hydrogen-bond donors (Lipinski definition) is 0. The third-order valence-corrected chi connectivity index (χ3v) is 8.35. The van der Waals surface area contributed by atoms with E-state index in [-0.39, 0.29) is 0 Å². The van der Waals surface area contributed by atoms with E-state index in [1.807, 2.05) is 18.2 Å². The van der Waals surface area contributed by atoms with E-state index >= 15 is 0 Å². The van der Waals surface area contributed by atoms with E-state index in [0.717, 1.165) is 55.6 Å². The molecule has 0 saturated carbocycles. The first-order chi connectivity index (χ1) is 21.3. The van der Waals surface area contributed by atoms with Gasteiger partial charge in [0, 0.05) is 50.9 Å². The van der Waals surface area contributed by atoms with Gasteiger partial charge in [-0.15, -0.1) is 0 Å². The molecule has 43 heavy (non-hydrogen) atoms. The van der Waals surface area contributed by atoms with Gasteiger partial charge in [-0.2, -0.15) is 4.98 Å². The summed E-state index contributed by atoms with van der Waals surface area (Å²) in [4.78, 5) is 10.6. The Morgan fingerprint density at radius 1 is 0.419 bits per heavy atom. The number of fused-ring (bicyclic) bond motifs is 6. The minimum Gasteiger partial charge on any atom is -0.316 e. The Morgan fingerprint density at radius 2 is 1.05 bits per heavy atom. The van der Waals surface area contributed by atoms with Gasteiger partial charge in [-0.05, 0) is 48.5 Å². The molecule has 4 heterocycles. The first-order valence-corrected chi connectivity index (χ1v) is 14.4. The van der Waals surface area contributed by atoms with E-state index in [1.54, 1.807) is 0 Å². The van der Waals surface area contributed by atoms with Crippen LogP contribution >= 0.6 is 0 Å². The lowest BCUT2D eigenvalue weighted by atomic mass is 10.1. The molecule has 9 aromatic rings. The van der Waals surface area contributed by atoms with Crippen molar-refractivity contribution in [2.24, 2.45) is 0 Å². The summed E-state index contributed by atoms with van der Waals surface area (Å²) in [6.45, 7) is 0. The number of aromatic nitrogens is 5. The van der Waals surface area contributed by atoms with E-state index in [4.69, 9.17) is 9.97 Å². The predicted molar refractivity (Wildman–Crippen MR) is 175 cm³/mol. The molecule has 0 radical (unpaired) electrons. The van der Waals surface area contributed by atoms with Crippen molar-refractivity contribution in [2.75, 3.05) is 0 Å². The van der Waals surface area contributed by atoms with Crippen LogP contribution in [0.5, 0.6) is 0 Å². The van der Waals surface area contributed by atoms with E-state index in [2.05, 4.69) is 147 Å². The molecular weight excluding hydrogens is 526 g/mol. The molecule has 5 heteroatoms. The van der Waals surface area contributed by atoms with Crippen molar-refractivity contribution in [3.63, 3.8) is 0 Å². The summed E-state index contributed by atoms with van der Waals surface area (Å²) in [6, 6.07) is 48.6. The Labute approximate surface area is 247 Å². The highest BCUT2D eigenvalue weighted by molar-refractivity contribution is 6.18. The fraction of sp³-hybridized carbons (Fsp3) is 0. The summed E-state index contributed by atoms with van der Waals surface area (Å²) in [5, 5.41) is 4.52. The van der Waals surface area contributed by atoms with Gasteiger partial charge in [-0.1, -0.05) is 91.0 Å². The quantitative estimate of drug-likeness (QED) is 0.219. The molecule has 0 fully saturated rings. The van der Waals surface area contributed by atoms with Crippen LogP contribution < -0.4 is 0 Å². The molecule has 9 rings (SSSR count). The maximum atomic E-state index is 5.32. The molecule has 0 unspecified atom stereocenters. The van der Waals surface area contributed by atoms with Crippen LogP contribution in [0, 0.1) is 0 Å². The first-order valence-electron chi connectivity index (χ1n) is 14.4. The minimum atomic E-state index is 0.647. The van der Waals surface area contributed by atoms with Gasteiger partial charge in [0.25, 0.3) is 0 Å². The highest BCUT2D eigenvalue weighted by atomic mass is 15.2. The summed E-state index contributed by atoms with van der Waals surface area (Å²) >= 11 is 0. The van der Waals surface area contributed by atoms with Crippen LogP contribution in [0.25, 0.3) is 72.3 Å². The van der Waals surface area contributed by atoms with Crippen molar-refractivity contribution < 1.29 is 0 Å². The van der Waals surface area contributed by atoms with Gasteiger partial charge in [0.2, 0.25) is 5.95 Å². The zero-order valence-electron chi connectivity index (χ0n) is 23.2. The molecule has 0 amide bonds. The van der Waals surface area contributed by atoms with Crippen molar-refractivity contribution in [1.29, 1.82) is 0 Å². The smallest absolute Gasteiger partial charge is 0.237 e. The zero-order chi connectivity index (χ0) is 28.3. The molecular formula is C38H25N5. The molecule has 0 atom stereocenters. The van der Waals surface area contributed by atoms with Gasteiger partial charge in [0.1, 0.15) is 0 Å². The van der Waals surface area contributed by atoms with Gasteiger partial charge in [-0.3, -0.25) is 4.57 Å². The first kappa shape index (κ1) is 23.7. The number of para-hydroxylation sites is 3. The second kappa shape index (κ2) is 9.29. The maximum absolute atomic E-state index is 5.32. The van der Waals surface area contributed by atoms with E-state index < -0.39 is 0 Å². The maximum Gasteiger partial charge on any atom is 0.237 e. The van der Waals surface area contributed by atoms with Gasteiger partial charge >= 0.3 is 0 Å². The van der Waals surface area contributed by atoms with Crippen molar-refractivity contribution in [3.05, 3.63) is 152 Å². The molecule has 0 aliphatic rings. The Balaban J connectivity index is 1.41. The zero-order valence-corrected chi connectivity index (χ0v) is 23.2. The topological polar surface area (TPSA) is 40.6 Å². The Morgan fingerprint density at radius 3 is 1.81 bits per heavy atom. The van der Waals surface area contributed by atoms with Crippen molar-refractivity contribution >= 4 is 43.7 Å². The lowest BCUT2D eigenvalue weighted by Gasteiger charge is -2.12. The number of rotatable bonds is 4. The Hall–Kier alpha value is -5.94. The highest BCUT2D eigenvalue weighted by Crippen LogP contribution is 2.38. The third kappa shape index (κ3) is 3.58. The monoisotopic (exact) mass is 551 g/mol. The lowest BCUT2D eigenvalue weighted by Crippen LogP contribution is -2.05. The molecule has 5 nitrogen and oxygen atoms in total. The normalized spacial score (nSPS) is 11.7. The van der Waals surface area contributed by atoms with Crippen LogP contribution in [-0.4, -0.2) is 23.7 Å². The molecule has 0 saturated heterocycles. The van der Waals surface area contributed by atoms with Crippen molar-refractivity contribution in [2.45, 2.75) is 0 Å². The van der Waals surface area contributed by atoms with Gasteiger partial charge in [0.15, 0.2) is 5.65 Å². The largest absolute Gasteiger partial charge is 0.316 e. The molecule has 0 aliphatic heterocycles.